The molecule has 0 saturated carbocycles. The minimum absolute atomic E-state index is 0.394. The summed E-state index contributed by atoms with van der Waals surface area (Å²) in [5.41, 5.74) is 12.3. The van der Waals surface area contributed by atoms with Gasteiger partial charge in [0.2, 0.25) is 0 Å². The third kappa shape index (κ3) is 3.21. The van der Waals surface area contributed by atoms with Crippen molar-refractivity contribution in [1.82, 2.24) is 5.43 Å². The van der Waals surface area contributed by atoms with Gasteiger partial charge in [0.1, 0.15) is 24.5 Å². The molecule has 1 aromatic rings. The van der Waals surface area contributed by atoms with Gasteiger partial charge in [-0.15, -0.1) is 0 Å². The third-order valence-corrected chi connectivity index (χ3v) is 3.11. The van der Waals surface area contributed by atoms with Crippen molar-refractivity contribution in [1.29, 1.82) is 0 Å². The molecule has 1 aliphatic heterocycles. The van der Waals surface area contributed by atoms with Crippen molar-refractivity contribution in [3.8, 4) is 0 Å². The Bertz CT molecular complexity index is 390. The van der Waals surface area contributed by atoms with Crippen LogP contribution in [0.3, 0.4) is 0 Å². The van der Waals surface area contributed by atoms with Crippen LogP contribution in [0.1, 0.15) is 0 Å². The van der Waals surface area contributed by atoms with E-state index in [1.54, 1.807) is 0 Å². The maximum atomic E-state index is 9.78. The summed E-state index contributed by atoms with van der Waals surface area (Å²) < 4.78 is 5.39. The van der Waals surface area contributed by atoms with E-state index in [0.717, 1.165) is 5.69 Å². The number of ether oxygens (including phenoxy) is 1. The summed E-state index contributed by atoms with van der Waals surface area (Å²) in [5, 5.41) is 28.5. The number of aliphatic hydroxyl groups excluding tert-OH is 3. The zero-order valence-corrected chi connectivity index (χ0v) is 10.3. The molecule has 1 saturated heterocycles. The highest BCUT2D eigenvalue weighted by Gasteiger charge is 2.42. The number of hydrogen-bond donors (Lipinski definition) is 6. The highest BCUT2D eigenvalue weighted by molar-refractivity contribution is 5.41. The maximum Gasteiger partial charge on any atom is 0.142 e. The molecule has 0 spiro atoms. The predicted octanol–water partition coefficient (Wildman–Crippen LogP) is -1.63. The van der Waals surface area contributed by atoms with Crippen molar-refractivity contribution in [3.05, 3.63) is 30.3 Å². The van der Waals surface area contributed by atoms with Crippen molar-refractivity contribution in [2.24, 2.45) is 5.73 Å². The lowest BCUT2D eigenvalue weighted by Crippen LogP contribution is -2.66. The van der Waals surface area contributed by atoms with Gasteiger partial charge in [-0.25, -0.2) is 5.43 Å². The largest absolute Gasteiger partial charge is 0.394 e. The van der Waals surface area contributed by atoms with Crippen LogP contribution in [0.5, 0.6) is 0 Å². The zero-order valence-electron chi connectivity index (χ0n) is 10.3. The van der Waals surface area contributed by atoms with Gasteiger partial charge in [0, 0.05) is 5.69 Å². The highest BCUT2D eigenvalue weighted by atomic mass is 16.5. The number of nitrogens with one attached hydrogen (secondary N) is 2. The molecule has 19 heavy (non-hydrogen) atoms. The minimum Gasteiger partial charge on any atom is -0.394 e. The first-order valence-corrected chi connectivity index (χ1v) is 6.08. The van der Waals surface area contributed by atoms with Gasteiger partial charge in [0.05, 0.1) is 12.6 Å². The molecular weight excluding hydrogens is 250 g/mol. The smallest absolute Gasteiger partial charge is 0.142 e. The van der Waals surface area contributed by atoms with Gasteiger partial charge < -0.3 is 31.2 Å². The van der Waals surface area contributed by atoms with Gasteiger partial charge in [-0.05, 0) is 12.1 Å². The van der Waals surface area contributed by atoms with E-state index in [0.29, 0.717) is 0 Å². The quantitative estimate of drug-likeness (QED) is 0.363. The van der Waals surface area contributed by atoms with Crippen molar-refractivity contribution >= 4 is 5.69 Å². The Morgan fingerprint density at radius 3 is 2.47 bits per heavy atom. The van der Waals surface area contributed by atoms with Crippen LogP contribution in [-0.4, -0.2) is 52.5 Å². The Kier molecular flexibility index (Phi) is 4.70. The van der Waals surface area contributed by atoms with Crippen LogP contribution in [0.4, 0.5) is 5.69 Å². The molecule has 0 amide bonds. The standard InChI is InChI=1S/C12H19N3O4/c13-9-11(18)10(17)8(6-16)19-12(9)15-14-7-4-2-1-3-5-7/h1-5,8-12,14-18H,6,13H2/t8-,9-,10-,11-,12-/m1/s1. The van der Waals surface area contributed by atoms with Crippen LogP contribution in [0, 0.1) is 0 Å². The van der Waals surface area contributed by atoms with E-state index >= 15 is 0 Å². The number of nitrogens with two attached hydrogens (primary N) is 1. The Balaban J connectivity index is 1.95. The molecule has 7 heteroatoms. The van der Waals surface area contributed by atoms with Crippen LogP contribution >= 0.6 is 0 Å². The summed E-state index contributed by atoms with van der Waals surface area (Å²) >= 11 is 0. The van der Waals surface area contributed by atoms with Gasteiger partial charge in [-0.1, -0.05) is 18.2 Å². The first-order valence-electron chi connectivity index (χ1n) is 6.08. The van der Waals surface area contributed by atoms with E-state index < -0.39 is 37.2 Å². The lowest BCUT2D eigenvalue weighted by atomic mass is 9.97. The molecule has 1 aliphatic rings. The SMILES string of the molecule is N[C@@H]1[C@@H](O)[C@H](O)[C@@H](CO)O[C@H]1NNc1ccccc1. The summed E-state index contributed by atoms with van der Waals surface area (Å²) in [4.78, 5) is 0. The average molecular weight is 269 g/mol. The van der Waals surface area contributed by atoms with E-state index in [-0.39, 0.29) is 0 Å². The van der Waals surface area contributed by atoms with Gasteiger partial charge in [-0.2, -0.15) is 0 Å². The summed E-state index contributed by atoms with van der Waals surface area (Å²) in [7, 11) is 0. The van der Waals surface area contributed by atoms with Crippen LogP contribution in [-0.2, 0) is 4.74 Å². The molecule has 1 heterocycles. The average Bonchev–Trinajstić information content (AvgIpc) is 2.45. The fraction of sp³-hybridized carbons (Fsp3) is 0.500. The lowest BCUT2D eigenvalue weighted by molar-refractivity contribution is -0.194. The molecule has 106 valence electrons. The molecule has 0 bridgehead atoms. The molecule has 1 fully saturated rings. The zero-order chi connectivity index (χ0) is 13.8. The summed E-state index contributed by atoms with van der Waals surface area (Å²) in [5.74, 6) is 0. The Morgan fingerprint density at radius 2 is 1.84 bits per heavy atom. The Hall–Kier alpha value is -1.22. The number of aliphatic hydroxyl groups is 3. The van der Waals surface area contributed by atoms with Gasteiger partial charge >= 0.3 is 0 Å². The molecule has 0 radical (unpaired) electrons. The number of para-hydroxylation sites is 1. The van der Waals surface area contributed by atoms with Crippen molar-refractivity contribution in [3.63, 3.8) is 0 Å². The molecule has 0 unspecified atom stereocenters. The second-order valence-electron chi connectivity index (χ2n) is 4.47. The fourth-order valence-corrected chi connectivity index (χ4v) is 1.94. The van der Waals surface area contributed by atoms with E-state index in [2.05, 4.69) is 10.9 Å². The van der Waals surface area contributed by atoms with E-state index in [1.807, 2.05) is 30.3 Å². The molecule has 0 aliphatic carbocycles. The van der Waals surface area contributed by atoms with Crippen LogP contribution in [0.25, 0.3) is 0 Å². The highest BCUT2D eigenvalue weighted by Crippen LogP contribution is 2.18. The second kappa shape index (κ2) is 6.29. The summed E-state index contributed by atoms with van der Waals surface area (Å²) in [6.07, 6.45) is -3.96. The predicted molar refractivity (Wildman–Crippen MR) is 68.9 cm³/mol. The minimum atomic E-state index is -1.20. The monoisotopic (exact) mass is 269 g/mol. The molecule has 7 nitrogen and oxygen atoms in total. The molecule has 2 rings (SSSR count). The van der Waals surface area contributed by atoms with E-state index in [4.69, 9.17) is 15.6 Å². The Morgan fingerprint density at radius 1 is 1.16 bits per heavy atom. The third-order valence-electron chi connectivity index (χ3n) is 3.11. The lowest BCUT2D eigenvalue weighted by Gasteiger charge is -2.41. The number of rotatable bonds is 4. The normalized spacial score (nSPS) is 35.1. The molecule has 1 aromatic carbocycles. The number of anilines is 1. The number of benzene rings is 1. The van der Waals surface area contributed by atoms with Crippen LogP contribution < -0.4 is 16.6 Å². The number of hydrazine groups is 1. The topological polar surface area (TPSA) is 120 Å². The Labute approximate surface area is 111 Å². The maximum absolute atomic E-state index is 9.78. The first kappa shape index (κ1) is 14.2. The second-order valence-corrected chi connectivity index (χ2v) is 4.47. The van der Waals surface area contributed by atoms with Gasteiger partial charge in [0.25, 0.3) is 0 Å². The van der Waals surface area contributed by atoms with Gasteiger partial charge in [-0.3, -0.25) is 0 Å². The van der Waals surface area contributed by atoms with Gasteiger partial charge in [0.15, 0.2) is 0 Å². The summed E-state index contributed by atoms with van der Waals surface area (Å²) in [6.45, 7) is -0.394. The van der Waals surface area contributed by atoms with Crippen molar-refractivity contribution in [2.45, 2.75) is 30.6 Å². The molecular formula is C12H19N3O4. The molecule has 5 atom stereocenters. The van der Waals surface area contributed by atoms with Crippen molar-refractivity contribution < 1.29 is 20.1 Å². The van der Waals surface area contributed by atoms with E-state index in [1.165, 1.54) is 0 Å². The van der Waals surface area contributed by atoms with Crippen LogP contribution in [0.15, 0.2) is 30.3 Å². The molecule has 0 aromatic heterocycles. The van der Waals surface area contributed by atoms with E-state index in [9.17, 15) is 10.2 Å². The van der Waals surface area contributed by atoms with Crippen LogP contribution in [0.2, 0.25) is 0 Å². The fourth-order valence-electron chi connectivity index (χ4n) is 1.94. The number of hydrogen-bond acceptors (Lipinski definition) is 7. The summed E-state index contributed by atoms with van der Waals surface area (Å²) in [6, 6.07) is 8.48. The first-order chi connectivity index (χ1) is 9.13. The van der Waals surface area contributed by atoms with Crippen molar-refractivity contribution in [2.75, 3.05) is 12.0 Å². The molecule has 7 N–H and O–H groups in total.